The molecule has 0 aromatic heterocycles. The molecule has 210 valence electrons. The molecule has 4 rings (SSSR count). The first-order valence-electron chi connectivity index (χ1n) is 13.7. The third kappa shape index (κ3) is 9.71. The van der Waals surface area contributed by atoms with Gasteiger partial charge in [0.2, 0.25) is 11.8 Å². The summed E-state index contributed by atoms with van der Waals surface area (Å²) in [4.78, 5) is 45.7. The van der Waals surface area contributed by atoms with Crippen LogP contribution in [0.5, 0.6) is 0 Å². The molecule has 2 aliphatic rings. The Balaban J connectivity index is 0.000000216. The van der Waals surface area contributed by atoms with E-state index in [0.717, 1.165) is 31.5 Å². The van der Waals surface area contributed by atoms with Crippen LogP contribution in [0.2, 0.25) is 0 Å². The highest BCUT2D eigenvalue weighted by Crippen LogP contribution is 2.34. The van der Waals surface area contributed by atoms with Gasteiger partial charge in [-0.1, -0.05) is 56.3 Å². The van der Waals surface area contributed by atoms with E-state index in [0.29, 0.717) is 24.3 Å². The Labute approximate surface area is 230 Å². The molecule has 0 unspecified atom stereocenters. The van der Waals surface area contributed by atoms with Crippen LogP contribution < -0.4 is 10.6 Å². The van der Waals surface area contributed by atoms with Gasteiger partial charge < -0.3 is 15.5 Å². The van der Waals surface area contributed by atoms with E-state index in [1.165, 1.54) is 5.56 Å². The number of amides is 2. The molecule has 4 N–H and O–H groups in total. The van der Waals surface area contributed by atoms with Crippen LogP contribution in [0.3, 0.4) is 0 Å². The van der Waals surface area contributed by atoms with E-state index in [1.807, 2.05) is 31.2 Å². The number of hydrogen-bond acceptors (Lipinski definition) is 6. The Hall–Kier alpha value is -3.36. The number of benzene rings is 2. The zero-order valence-electron chi connectivity index (χ0n) is 22.8. The van der Waals surface area contributed by atoms with E-state index < -0.39 is 12.1 Å². The van der Waals surface area contributed by atoms with Gasteiger partial charge in [-0.2, -0.15) is 0 Å². The standard InChI is InChI=1S/C16H17NO2.C15H23NO4/c18-16(19)15-8-4-7-13(11-15)9-10-17-12-14-5-2-1-3-6-14;1-8-3-9(2)15(20)11(4-8)12(17)5-10-6-13(18)16-14(19)7-10/h1-8,11,17H,9-10,12H2,(H,18,19);8-12,17H,3-7H2,1-2H3,(H,16,18,19)/t;8-,9-,11-,12+/m.0/s1. The molecule has 1 saturated carbocycles. The first kappa shape index (κ1) is 30.2. The molecule has 2 fully saturated rings. The fourth-order valence-corrected chi connectivity index (χ4v) is 5.53. The average molecular weight is 537 g/mol. The lowest BCUT2D eigenvalue weighted by molar-refractivity contribution is -0.136. The first-order chi connectivity index (χ1) is 18.6. The summed E-state index contributed by atoms with van der Waals surface area (Å²) in [5.41, 5.74) is 2.64. The highest BCUT2D eigenvalue weighted by molar-refractivity contribution is 5.97. The zero-order chi connectivity index (χ0) is 28.4. The number of carboxylic acid groups (broad SMARTS) is 1. The average Bonchev–Trinajstić information content (AvgIpc) is 2.89. The lowest BCUT2D eigenvalue weighted by atomic mass is 9.71. The smallest absolute Gasteiger partial charge is 0.335 e. The van der Waals surface area contributed by atoms with E-state index in [2.05, 4.69) is 29.7 Å². The van der Waals surface area contributed by atoms with Gasteiger partial charge in [0.15, 0.2) is 0 Å². The number of Topliss-reactive ketones (excluding diaryl/α,β-unsaturated/α-hetero) is 1. The molecule has 0 spiro atoms. The summed E-state index contributed by atoms with van der Waals surface area (Å²) < 4.78 is 0. The molecule has 8 nitrogen and oxygen atoms in total. The molecule has 8 heteroatoms. The molecule has 2 amide bonds. The van der Waals surface area contributed by atoms with Crippen molar-refractivity contribution < 1.29 is 29.4 Å². The van der Waals surface area contributed by atoms with E-state index >= 15 is 0 Å². The highest BCUT2D eigenvalue weighted by atomic mass is 16.4. The van der Waals surface area contributed by atoms with Gasteiger partial charge in [0.25, 0.3) is 0 Å². The van der Waals surface area contributed by atoms with Crippen molar-refractivity contribution in [2.75, 3.05) is 6.54 Å². The number of hydrogen-bond donors (Lipinski definition) is 4. The topological polar surface area (TPSA) is 133 Å². The second kappa shape index (κ2) is 14.7. The Bertz CT molecular complexity index is 1120. The van der Waals surface area contributed by atoms with E-state index in [4.69, 9.17) is 5.11 Å². The van der Waals surface area contributed by atoms with Crippen LogP contribution in [0.15, 0.2) is 54.6 Å². The first-order valence-corrected chi connectivity index (χ1v) is 13.7. The van der Waals surface area contributed by atoms with Crippen LogP contribution in [0.25, 0.3) is 0 Å². The monoisotopic (exact) mass is 536 g/mol. The molecule has 1 saturated heterocycles. The molecule has 1 heterocycles. The summed E-state index contributed by atoms with van der Waals surface area (Å²) in [6.45, 7) is 5.67. The van der Waals surface area contributed by atoms with Gasteiger partial charge >= 0.3 is 5.97 Å². The number of carbonyl (C=O) groups excluding carboxylic acids is 3. The molecule has 1 aliphatic carbocycles. The summed E-state index contributed by atoms with van der Waals surface area (Å²) in [5, 5.41) is 24.9. The largest absolute Gasteiger partial charge is 0.478 e. The summed E-state index contributed by atoms with van der Waals surface area (Å²) in [6.07, 6.45) is 2.55. The van der Waals surface area contributed by atoms with E-state index in [-0.39, 0.29) is 48.2 Å². The van der Waals surface area contributed by atoms with Crippen molar-refractivity contribution in [2.45, 2.75) is 65.0 Å². The number of aromatic carboxylic acids is 1. The SMILES string of the molecule is C[C@@H]1C[C@@H]([C@H](O)CC2CC(=O)NC(=O)C2)C(=O)[C@@H](C)C1.O=C(O)c1cccc(CCNCc2ccccc2)c1. The fourth-order valence-electron chi connectivity index (χ4n) is 5.53. The van der Waals surface area contributed by atoms with Crippen LogP contribution in [0.4, 0.5) is 0 Å². The van der Waals surface area contributed by atoms with Crippen LogP contribution >= 0.6 is 0 Å². The van der Waals surface area contributed by atoms with Crippen molar-refractivity contribution in [3.8, 4) is 0 Å². The maximum atomic E-state index is 12.2. The fraction of sp³-hybridized carbons (Fsp3) is 0.484. The van der Waals surface area contributed by atoms with Gasteiger partial charge in [-0.3, -0.25) is 19.7 Å². The van der Waals surface area contributed by atoms with Crippen LogP contribution in [-0.2, 0) is 27.3 Å². The van der Waals surface area contributed by atoms with Crippen LogP contribution in [0.1, 0.15) is 67.4 Å². The minimum Gasteiger partial charge on any atom is -0.478 e. The molecular formula is C31H40N2O6. The summed E-state index contributed by atoms with van der Waals surface area (Å²) >= 11 is 0. The molecule has 4 atom stereocenters. The van der Waals surface area contributed by atoms with Gasteiger partial charge in [0.05, 0.1) is 11.7 Å². The minimum absolute atomic E-state index is 0.00492. The normalized spacial score (nSPS) is 22.4. The van der Waals surface area contributed by atoms with E-state index in [1.54, 1.807) is 18.2 Å². The lowest BCUT2D eigenvalue weighted by Crippen LogP contribution is -2.42. The number of ketones is 1. The second-order valence-electron chi connectivity index (χ2n) is 11.0. The number of imide groups is 1. The predicted molar refractivity (Wildman–Crippen MR) is 148 cm³/mol. The van der Waals surface area contributed by atoms with Crippen LogP contribution in [-0.4, -0.2) is 46.4 Å². The van der Waals surface area contributed by atoms with Crippen molar-refractivity contribution in [3.05, 3.63) is 71.3 Å². The maximum Gasteiger partial charge on any atom is 0.335 e. The number of piperidine rings is 1. The molecule has 39 heavy (non-hydrogen) atoms. The number of aliphatic hydroxyl groups is 1. The van der Waals surface area contributed by atoms with Gasteiger partial charge in [-0.15, -0.1) is 0 Å². The number of carboxylic acids is 1. The van der Waals surface area contributed by atoms with Gasteiger partial charge in [0.1, 0.15) is 5.78 Å². The highest BCUT2D eigenvalue weighted by Gasteiger charge is 2.38. The summed E-state index contributed by atoms with van der Waals surface area (Å²) in [6, 6.07) is 17.3. The van der Waals surface area contributed by atoms with Gasteiger partial charge in [0, 0.05) is 31.2 Å². The van der Waals surface area contributed by atoms with Crippen molar-refractivity contribution in [2.24, 2.45) is 23.7 Å². The molecule has 0 radical (unpaired) electrons. The Kier molecular flexibility index (Phi) is 11.4. The number of aliphatic hydroxyl groups excluding tert-OH is 1. The Morgan fingerprint density at radius 2 is 1.64 bits per heavy atom. The molecule has 2 aromatic rings. The molecule has 0 bridgehead atoms. The van der Waals surface area contributed by atoms with Crippen molar-refractivity contribution in [1.29, 1.82) is 0 Å². The third-order valence-corrected chi connectivity index (χ3v) is 7.47. The van der Waals surface area contributed by atoms with Crippen molar-refractivity contribution in [3.63, 3.8) is 0 Å². The zero-order valence-corrected chi connectivity index (χ0v) is 22.8. The number of rotatable bonds is 9. The minimum atomic E-state index is -0.876. The van der Waals surface area contributed by atoms with Crippen LogP contribution in [0, 0.1) is 23.7 Å². The molecule has 1 aliphatic heterocycles. The molecular weight excluding hydrogens is 496 g/mol. The number of nitrogens with one attached hydrogen (secondary N) is 2. The van der Waals surface area contributed by atoms with Crippen molar-refractivity contribution >= 4 is 23.6 Å². The maximum absolute atomic E-state index is 12.2. The predicted octanol–water partition coefficient (Wildman–Crippen LogP) is 3.76. The number of carbonyl (C=O) groups is 4. The quantitative estimate of drug-likeness (QED) is 0.283. The third-order valence-electron chi connectivity index (χ3n) is 7.47. The van der Waals surface area contributed by atoms with Gasteiger partial charge in [-0.25, -0.2) is 4.79 Å². The summed E-state index contributed by atoms with van der Waals surface area (Å²) in [5.74, 6) is -1.37. The lowest BCUT2D eigenvalue weighted by Gasteiger charge is -2.34. The van der Waals surface area contributed by atoms with Gasteiger partial charge in [-0.05, 0) is 67.3 Å². The summed E-state index contributed by atoms with van der Waals surface area (Å²) in [7, 11) is 0. The van der Waals surface area contributed by atoms with E-state index in [9.17, 15) is 24.3 Å². The Morgan fingerprint density at radius 1 is 0.974 bits per heavy atom. The Morgan fingerprint density at radius 3 is 2.31 bits per heavy atom. The van der Waals surface area contributed by atoms with Crippen molar-refractivity contribution in [1.82, 2.24) is 10.6 Å². The molecule has 2 aromatic carbocycles. The second-order valence-corrected chi connectivity index (χ2v) is 11.0.